The number of benzene rings is 1. The van der Waals surface area contributed by atoms with Crippen LogP contribution in [0, 0.1) is 11.3 Å². The Balaban J connectivity index is 0.00000139. The Bertz CT molecular complexity index is 1630. The van der Waals surface area contributed by atoms with Crippen molar-refractivity contribution in [3.8, 4) is 11.1 Å². The first-order chi connectivity index (χ1) is 22.5. The third-order valence-electron chi connectivity index (χ3n) is 10.4. The molecule has 1 aromatic carbocycles. The predicted octanol–water partition coefficient (Wildman–Crippen LogP) is 3.88. The van der Waals surface area contributed by atoms with E-state index in [0.29, 0.717) is 31.7 Å². The number of hydrogen-bond acceptors (Lipinski definition) is 6. The van der Waals surface area contributed by atoms with E-state index < -0.39 is 6.10 Å². The number of rotatable bonds is 9. The summed E-state index contributed by atoms with van der Waals surface area (Å²) in [7, 11) is 0. The van der Waals surface area contributed by atoms with E-state index in [-0.39, 0.29) is 35.3 Å². The molecule has 0 bridgehead atoms. The zero-order valence-electron chi connectivity index (χ0n) is 28.2. The van der Waals surface area contributed by atoms with Crippen LogP contribution < -0.4 is 10.5 Å². The van der Waals surface area contributed by atoms with Crippen LogP contribution >= 0.6 is 0 Å². The first-order valence-electron chi connectivity index (χ1n) is 17.1. The maximum absolute atomic E-state index is 13.9. The van der Waals surface area contributed by atoms with Crippen molar-refractivity contribution >= 4 is 18.1 Å². The van der Waals surface area contributed by atoms with Crippen molar-refractivity contribution in [1.82, 2.24) is 9.97 Å². The number of carbonyl (C=O) groups is 2. The number of aromatic nitrogens is 2. The Morgan fingerprint density at radius 2 is 1.85 bits per heavy atom. The lowest BCUT2D eigenvalue weighted by Gasteiger charge is -2.34. The van der Waals surface area contributed by atoms with Crippen LogP contribution in [-0.4, -0.2) is 64.1 Å². The van der Waals surface area contributed by atoms with Crippen LogP contribution in [0.5, 0.6) is 0 Å². The zero-order valence-corrected chi connectivity index (χ0v) is 28.2. The number of allylic oxidation sites excluding steroid dienone is 1. The molecular formula is C39H50N3O5+. The highest BCUT2D eigenvalue weighted by Crippen LogP contribution is 2.39. The molecule has 3 heterocycles. The zero-order chi connectivity index (χ0) is 33.7. The molecule has 0 saturated carbocycles. The van der Waals surface area contributed by atoms with Crippen LogP contribution in [0.4, 0.5) is 0 Å². The van der Waals surface area contributed by atoms with Crippen molar-refractivity contribution in [3.05, 3.63) is 92.7 Å². The molecular weight excluding hydrogens is 590 g/mol. The van der Waals surface area contributed by atoms with Gasteiger partial charge in [0, 0.05) is 49.2 Å². The SMILES string of the molecule is CC(C)(C)[C@H]1CCc2nc3c(cc2C1)C=C(C(=O)C[C@H](CC[NH+]1C[C@H](O)CC1CO)c1ccc(-c2ccc(=O)[nH]c2)cc1)C3.CC=O. The number of carbonyl (C=O) groups excluding carboxylic acids is 2. The molecule has 0 amide bonds. The molecule has 0 spiro atoms. The second-order valence-electron chi connectivity index (χ2n) is 14.6. The van der Waals surface area contributed by atoms with Crippen molar-refractivity contribution < 1.29 is 24.7 Å². The summed E-state index contributed by atoms with van der Waals surface area (Å²) >= 11 is 0. The van der Waals surface area contributed by atoms with E-state index in [4.69, 9.17) is 9.78 Å². The van der Waals surface area contributed by atoms with Crippen molar-refractivity contribution in [3.63, 3.8) is 0 Å². The number of likely N-dealkylation sites (tertiary alicyclic amines) is 1. The molecule has 2 aromatic heterocycles. The third-order valence-corrected chi connectivity index (χ3v) is 10.4. The molecule has 2 unspecified atom stereocenters. The number of aliphatic hydroxyl groups excluding tert-OH is 2. The van der Waals surface area contributed by atoms with Gasteiger partial charge in [0.05, 0.1) is 18.8 Å². The van der Waals surface area contributed by atoms with Crippen molar-refractivity contribution in [2.45, 2.75) is 90.7 Å². The maximum atomic E-state index is 13.9. The quantitative estimate of drug-likeness (QED) is 0.263. The molecule has 4 N–H and O–H groups in total. The van der Waals surface area contributed by atoms with Gasteiger partial charge in [-0.25, -0.2) is 0 Å². The van der Waals surface area contributed by atoms with E-state index in [9.17, 15) is 19.8 Å². The Labute approximate surface area is 278 Å². The molecule has 6 rings (SSSR count). The smallest absolute Gasteiger partial charge is 0.247 e. The lowest BCUT2D eigenvalue weighted by molar-refractivity contribution is -0.914. The molecule has 3 aromatic rings. The average Bonchev–Trinajstić information content (AvgIpc) is 3.64. The lowest BCUT2D eigenvalue weighted by Crippen LogP contribution is -3.14. The van der Waals surface area contributed by atoms with Gasteiger partial charge in [-0.15, -0.1) is 0 Å². The van der Waals surface area contributed by atoms with E-state index in [1.165, 1.54) is 29.1 Å². The molecule has 8 heteroatoms. The minimum atomic E-state index is -0.391. The number of aldehydes is 1. The summed E-state index contributed by atoms with van der Waals surface area (Å²) in [6.07, 6.45) is 9.77. The van der Waals surface area contributed by atoms with Gasteiger partial charge in [0.1, 0.15) is 25.0 Å². The minimum Gasteiger partial charge on any atom is -0.390 e. The Hall–Kier alpha value is -3.72. The highest BCUT2D eigenvalue weighted by Gasteiger charge is 2.35. The van der Waals surface area contributed by atoms with Crippen molar-refractivity contribution in [1.29, 1.82) is 0 Å². The highest BCUT2D eigenvalue weighted by atomic mass is 16.3. The van der Waals surface area contributed by atoms with Gasteiger partial charge in [-0.1, -0.05) is 45.0 Å². The van der Waals surface area contributed by atoms with E-state index in [0.717, 1.165) is 72.0 Å². The van der Waals surface area contributed by atoms with Crippen LogP contribution in [0.25, 0.3) is 17.2 Å². The third kappa shape index (κ3) is 8.42. The molecule has 8 nitrogen and oxygen atoms in total. The van der Waals surface area contributed by atoms with Gasteiger partial charge in [-0.05, 0) is 89.5 Å². The second-order valence-corrected chi connectivity index (χ2v) is 14.6. The summed E-state index contributed by atoms with van der Waals surface area (Å²) in [6.45, 7) is 9.89. The summed E-state index contributed by atoms with van der Waals surface area (Å²) in [6, 6.07) is 13.9. The summed E-state index contributed by atoms with van der Waals surface area (Å²) in [5.41, 5.74) is 8.70. The van der Waals surface area contributed by atoms with Crippen LogP contribution in [0.1, 0.15) is 87.4 Å². The van der Waals surface area contributed by atoms with Gasteiger partial charge in [-0.2, -0.15) is 0 Å². The fourth-order valence-corrected chi connectivity index (χ4v) is 7.53. The van der Waals surface area contributed by atoms with E-state index in [2.05, 4.69) is 50.0 Å². The van der Waals surface area contributed by atoms with Crippen LogP contribution in [-0.2, 0) is 28.9 Å². The Kier molecular flexibility index (Phi) is 11.1. The molecule has 5 atom stereocenters. The fourth-order valence-electron chi connectivity index (χ4n) is 7.53. The summed E-state index contributed by atoms with van der Waals surface area (Å²) < 4.78 is 0. The monoisotopic (exact) mass is 640 g/mol. The largest absolute Gasteiger partial charge is 0.390 e. The number of nitrogens with zero attached hydrogens (tertiary/aromatic N) is 1. The molecule has 250 valence electrons. The van der Waals surface area contributed by atoms with Crippen molar-refractivity contribution in [2.75, 3.05) is 19.7 Å². The molecule has 47 heavy (non-hydrogen) atoms. The normalized spacial score (nSPS) is 22.4. The molecule has 3 aliphatic rings. The number of nitrogens with one attached hydrogen (secondary N) is 2. The molecule has 2 aliphatic carbocycles. The molecule has 1 saturated heterocycles. The number of pyridine rings is 2. The summed E-state index contributed by atoms with van der Waals surface area (Å²) in [5.74, 6) is 0.815. The summed E-state index contributed by atoms with van der Waals surface area (Å²) in [5, 5.41) is 20.1. The van der Waals surface area contributed by atoms with Crippen LogP contribution in [0.2, 0.25) is 0 Å². The fraction of sp³-hybridized carbons (Fsp3) is 0.487. The first-order valence-corrected chi connectivity index (χ1v) is 17.1. The number of hydrogen-bond donors (Lipinski definition) is 4. The van der Waals surface area contributed by atoms with Gasteiger partial charge in [0.2, 0.25) is 5.56 Å². The van der Waals surface area contributed by atoms with Gasteiger partial charge < -0.3 is 24.9 Å². The highest BCUT2D eigenvalue weighted by molar-refractivity contribution is 6.02. The Morgan fingerprint density at radius 3 is 2.51 bits per heavy atom. The van der Waals surface area contributed by atoms with Gasteiger partial charge in [0.15, 0.2) is 5.78 Å². The lowest BCUT2D eigenvalue weighted by atomic mass is 9.71. The number of aliphatic hydroxyl groups is 2. The number of ketones is 1. The maximum Gasteiger partial charge on any atom is 0.247 e. The number of Topliss-reactive ketones (excluding diaryl/α,β-unsaturated/α-hetero) is 1. The number of quaternary nitrogens is 1. The number of fused-ring (bicyclic) bond motifs is 2. The van der Waals surface area contributed by atoms with Gasteiger partial charge in [0.25, 0.3) is 0 Å². The minimum absolute atomic E-state index is 0.00929. The predicted molar refractivity (Wildman–Crippen MR) is 184 cm³/mol. The van der Waals surface area contributed by atoms with E-state index in [1.54, 1.807) is 6.20 Å². The van der Waals surface area contributed by atoms with Crippen LogP contribution in [0.3, 0.4) is 0 Å². The first kappa shape index (κ1) is 34.6. The number of H-pyrrole nitrogens is 1. The molecule has 0 radical (unpaired) electrons. The summed E-state index contributed by atoms with van der Waals surface area (Å²) in [4.78, 5) is 43.2. The number of aryl methyl sites for hydroxylation is 1. The molecule has 1 aliphatic heterocycles. The second kappa shape index (κ2) is 15.0. The standard InChI is InChI=1S/C37H45N3O4.C2H4O/c1-37(2,3)30-9-10-33-28(16-30)14-27-15-29(17-34(27)39-33)35(43)18-25(12-13-40-21-32(42)19-31(40)22-41)23-4-6-24(7-5-23)26-8-11-36(44)38-20-26;1-2-3/h4-8,11,14-15,20,25,30-32,41-42H,9-10,12-13,16-19,21-22H2,1-3H3,(H,38,44);2H,1H3/p+1/t25-,30-,31?,32+;/m0./s1. The average molecular weight is 641 g/mol. The van der Waals surface area contributed by atoms with Crippen LogP contribution in [0.15, 0.2) is 59.0 Å². The van der Waals surface area contributed by atoms with Gasteiger partial charge in [-0.3, -0.25) is 14.6 Å². The molecule has 1 fully saturated rings. The van der Waals surface area contributed by atoms with E-state index >= 15 is 0 Å². The van der Waals surface area contributed by atoms with Gasteiger partial charge >= 0.3 is 0 Å². The van der Waals surface area contributed by atoms with Crippen molar-refractivity contribution in [2.24, 2.45) is 11.3 Å². The number of aromatic amines is 1. The topological polar surface area (TPSA) is 125 Å². The van der Waals surface area contributed by atoms with E-state index in [1.807, 2.05) is 18.2 Å². The Morgan fingerprint density at radius 1 is 1.13 bits per heavy atom.